The summed E-state index contributed by atoms with van der Waals surface area (Å²) in [7, 11) is 0. The van der Waals surface area contributed by atoms with E-state index >= 15 is 0 Å². The summed E-state index contributed by atoms with van der Waals surface area (Å²) in [6.07, 6.45) is -0.0201. The number of benzene rings is 2. The third-order valence-corrected chi connectivity index (χ3v) is 5.10. The lowest BCUT2D eigenvalue weighted by Gasteiger charge is -2.37. The number of hydrogen-bond acceptors (Lipinski definition) is 4. The minimum atomic E-state index is -0.394. The maximum absolute atomic E-state index is 13.3. The molecule has 6 nitrogen and oxygen atoms in total. The molecule has 1 fully saturated rings. The Labute approximate surface area is 176 Å². The van der Waals surface area contributed by atoms with Crippen molar-refractivity contribution in [2.24, 2.45) is 0 Å². The van der Waals surface area contributed by atoms with Gasteiger partial charge in [0.05, 0.1) is 17.7 Å². The molecule has 0 bridgehead atoms. The minimum Gasteiger partial charge on any atom is -0.490 e. The molecule has 0 saturated carbocycles. The molecule has 1 heterocycles. The van der Waals surface area contributed by atoms with Crippen LogP contribution in [0, 0.1) is 5.82 Å². The first-order chi connectivity index (χ1) is 14.3. The van der Waals surface area contributed by atoms with Gasteiger partial charge < -0.3 is 15.0 Å². The van der Waals surface area contributed by atoms with Gasteiger partial charge in [0.15, 0.2) is 0 Å². The molecule has 0 aliphatic carbocycles. The molecule has 0 radical (unpaired) electrons. The zero-order chi connectivity index (χ0) is 21.7. The number of para-hydroxylation sites is 1. The number of rotatable bonds is 6. The van der Waals surface area contributed by atoms with Gasteiger partial charge in [0.1, 0.15) is 11.6 Å². The van der Waals surface area contributed by atoms with Crippen molar-refractivity contribution >= 4 is 17.5 Å². The highest BCUT2D eigenvalue weighted by Crippen LogP contribution is 2.22. The first-order valence-corrected chi connectivity index (χ1v) is 10.2. The topological polar surface area (TPSA) is 61.9 Å². The van der Waals surface area contributed by atoms with Crippen LogP contribution in [0.4, 0.5) is 10.1 Å². The minimum absolute atomic E-state index is 0.0201. The van der Waals surface area contributed by atoms with Gasteiger partial charge in [0, 0.05) is 31.9 Å². The van der Waals surface area contributed by atoms with E-state index in [2.05, 4.69) is 5.32 Å². The second-order valence-corrected chi connectivity index (χ2v) is 7.67. The van der Waals surface area contributed by atoms with Crippen molar-refractivity contribution < 1.29 is 18.7 Å². The van der Waals surface area contributed by atoms with Gasteiger partial charge in [0.25, 0.3) is 5.91 Å². The van der Waals surface area contributed by atoms with Gasteiger partial charge in [-0.25, -0.2) is 4.39 Å². The number of ether oxygens (including phenoxy) is 1. The first kappa shape index (κ1) is 21.8. The van der Waals surface area contributed by atoms with E-state index in [0.29, 0.717) is 43.2 Å². The number of hydrogen-bond donors (Lipinski definition) is 1. The molecule has 2 amide bonds. The molecule has 1 N–H and O–H groups in total. The largest absolute Gasteiger partial charge is 0.490 e. The van der Waals surface area contributed by atoms with E-state index in [-0.39, 0.29) is 24.0 Å². The van der Waals surface area contributed by atoms with E-state index < -0.39 is 5.82 Å². The number of nitrogens with zero attached hydrogens (tertiary/aromatic N) is 2. The van der Waals surface area contributed by atoms with Crippen LogP contribution in [0.25, 0.3) is 0 Å². The maximum atomic E-state index is 13.3. The Morgan fingerprint density at radius 2 is 1.70 bits per heavy atom. The standard InChI is InChI=1S/C23H28FN3O3/c1-16(2)30-21-10-5-4-9-20(21)23(29)27-13-11-26(12-14-27)17(3)22(28)25-19-8-6-7-18(24)15-19/h4-10,15-17H,11-14H2,1-3H3,(H,25,28). The predicted molar refractivity (Wildman–Crippen MR) is 114 cm³/mol. The van der Waals surface area contributed by atoms with Crippen LogP contribution in [0.15, 0.2) is 48.5 Å². The summed E-state index contributed by atoms with van der Waals surface area (Å²) in [5.41, 5.74) is 0.985. The average molecular weight is 413 g/mol. The number of halogens is 1. The summed E-state index contributed by atoms with van der Waals surface area (Å²) in [4.78, 5) is 29.3. The van der Waals surface area contributed by atoms with Gasteiger partial charge in [-0.15, -0.1) is 0 Å². The molecule has 1 saturated heterocycles. The van der Waals surface area contributed by atoms with E-state index in [1.807, 2.05) is 43.9 Å². The van der Waals surface area contributed by atoms with Gasteiger partial charge in [-0.1, -0.05) is 18.2 Å². The Bertz CT molecular complexity index is 895. The van der Waals surface area contributed by atoms with E-state index in [0.717, 1.165) is 0 Å². The fourth-order valence-corrected chi connectivity index (χ4v) is 3.46. The molecule has 7 heteroatoms. The third-order valence-electron chi connectivity index (χ3n) is 5.10. The lowest BCUT2D eigenvalue weighted by Crippen LogP contribution is -2.54. The smallest absolute Gasteiger partial charge is 0.257 e. The summed E-state index contributed by atoms with van der Waals surface area (Å²) in [6, 6.07) is 12.7. The van der Waals surface area contributed by atoms with Crippen molar-refractivity contribution in [2.45, 2.75) is 32.9 Å². The number of nitrogens with one attached hydrogen (secondary N) is 1. The van der Waals surface area contributed by atoms with Crippen molar-refractivity contribution in [3.8, 4) is 5.75 Å². The van der Waals surface area contributed by atoms with Gasteiger partial charge in [0.2, 0.25) is 5.91 Å². The van der Waals surface area contributed by atoms with Crippen LogP contribution in [0.2, 0.25) is 0 Å². The number of amides is 2. The van der Waals surface area contributed by atoms with Crippen LogP contribution < -0.4 is 10.1 Å². The van der Waals surface area contributed by atoms with E-state index in [4.69, 9.17) is 4.74 Å². The second-order valence-electron chi connectivity index (χ2n) is 7.67. The SMILES string of the molecule is CC(C)Oc1ccccc1C(=O)N1CCN(C(C)C(=O)Nc2cccc(F)c2)CC1. The zero-order valence-corrected chi connectivity index (χ0v) is 17.6. The maximum Gasteiger partial charge on any atom is 0.257 e. The van der Waals surface area contributed by atoms with E-state index in [1.165, 1.54) is 12.1 Å². The molecule has 1 aliphatic heterocycles. The monoisotopic (exact) mass is 413 g/mol. The van der Waals surface area contributed by atoms with Crippen LogP contribution in [0.1, 0.15) is 31.1 Å². The van der Waals surface area contributed by atoms with Crippen molar-refractivity contribution in [3.63, 3.8) is 0 Å². The Hall–Kier alpha value is -2.93. The summed E-state index contributed by atoms with van der Waals surface area (Å²) < 4.78 is 19.1. The van der Waals surface area contributed by atoms with Crippen molar-refractivity contribution in [3.05, 3.63) is 59.9 Å². The molecular formula is C23H28FN3O3. The van der Waals surface area contributed by atoms with Crippen LogP contribution >= 0.6 is 0 Å². The summed E-state index contributed by atoms with van der Waals surface area (Å²) in [5.74, 6) is -0.0732. The molecule has 2 aromatic carbocycles. The Kier molecular flexibility index (Phi) is 7.05. The van der Waals surface area contributed by atoms with Crippen molar-refractivity contribution in [2.75, 3.05) is 31.5 Å². The van der Waals surface area contributed by atoms with Crippen LogP contribution in [-0.4, -0.2) is 59.9 Å². The number of carbonyl (C=O) groups is 2. The summed E-state index contributed by atoms with van der Waals surface area (Å²) >= 11 is 0. The van der Waals surface area contributed by atoms with Crippen molar-refractivity contribution in [1.29, 1.82) is 0 Å². The normalized spacial score (nSPS) is 15.7. The van der Waals surface area contributed by atoms with Gasteiger partial charge >= 0.3 is 0 Å². The highest BCUT2D eigenvalue weighted by Gasteiger charge is 2.29. The lowest BCUT2D eigenvalue weighted by molar-refractivity contribution is -0.121. The molecule has 2 aromatic rings. The summed E-state index contributed by atoms with van der Waals surface area (Å²) in [6.45, 7) is 7.87. The van der Waals surface area contributed by atoms with E-state index in [1.54, 1.807) is 23.1 Å². The fourth-order valence-electron chi connectivity index (χ4n) is 3.46. The van der Waals surface area contributed by atoms with Crippen molar-refractivity contribution in [1.82, 2.24) is 9.80 Å². The summed E-state index contributed by atoms with van der Waals surface area (Å²) in [5, 5.41) is 2.75. The Morgan fingerprint density at radius 1 is 1.00 bits per heavy atom. The molecule has 1 atom stereocenters. The Morgan fingerprint density at radius 3 is 2.37 bits per heavy atom. The zero-order valence-electron chi connectivity index (χ0n) is 17.6. The van der Waals surface area contributed by atoms with Gasteiger partial charge in [-0.05, 0) is 51.1 Å². The van der Waals surface area contributed by atoms with Gasteiger partial charge in [-0.2, -0.15) is 0 Å². The van der Waals surface area contributed by atoms with E-state index in [9.17, 15) is 14.0 Å². The molecule has 1 unspecified atom stereocenters. The van der Waals surface area contributed by atoms with Crippen LogP contribution in [0.5, 0.6) is 5.75 Å². The number of anilines is 1. The molecule has 0 aromatic heterocycles. The van der Waals surface area contributed by atoms with Gasteiger partial charge in [-0.3, -0.25) is 14.5 Å². The first-order valence-electron chi connectivity index (χ1n) is 10.2. The fraction of sp³-hybridized carbons (Fsp3) is 0.391. The number of piperazine rings is 1. The second kappa shape index (κ2) is 9.71. The highest BCUT2D eigenvalue weighted by atomic mass is 19.1. The highest BCUT2D eigenvalue weighted by molar-refractivity contribution is 5.97. The molecular weight excluding hydrogens is 385 g/mol. The van der Waals surface area contributed by atoms with Crippen LogP contribution in [0.3, 0.4) is 0 Å². The third kappa shape index (κ3) is 5.36. The molecule has 0 spiro atoms. The number of carbonyl (C=O) groups excluding carboxylic acids is 2. The average Bonchev–Trinajstić information content (AvgIpc) is 2.73. The Balaban J connectivity index is 1.58. The quantitative estimate of drug-likeness (QED) is 0.789. The molecule has 30 heavy (non-hydrogen) atoms. The van der Waals surface area contributed by atoms with Crippen LogP contribution in [-0.2, 0) is 4.79 Å². The lowest BCUT2D eigenvalue weighted by atomic mass is 10.1. The molecule has 3 rings (SSSR count). The molecule has 160 valence electrons. The molecule has 1 aliphatic rings. The predicted octanol–water partition coefficient (Wildman–Crippen LogP) is 3.40.